The smallest absolute Gasteiger partial charge is 0 e. The van der Waals surface area contributed by atoms with Crippen molar-refractivity contribution < 1.29 is 52.2 Å². The van der Waals surface area contributed by atoms with E-state index in [0.29, 0.717) is 0 Å². The van der Waals surface area contributed by atoms with Gasteiger partial charge in [-0.1, -0.05) is 0 Å². The van der Waals surface area contributed by atoms with Crippen molar-refractivity contribution in [3.63, 3.8) is 0 Å². The standard InChI is InChI=1S/O.H2P.V.Y/h;1H2;;/q;-1;+1;. The van der Waals surface area contributed by atoms with Crippen LogP contribution in [0.3, 0.4) is 0 Å². The molecule has 1 radical (unpaired) electrons. The van der Waals surface area contributed by atoms with Gasteiger partial charge in [0.25, 0.3) is 0 Å². The number of hydrogen-bond acceptors (Lipinski definition) is 1. The minimum absolute atomic E-state index is 0. The molecule has 1 atom stereocenters. The summed E-state index contributed by atoms with van der Waals surface area (Å²) >= 11 is -0.646. The van der Waals surface area contributed by atoms with Gasteiger partial charge in [-0.2, -0.15) is 0 Å². The third kappa shape index (κ3) is 9.07. The van der Waals surface area contributed by atoms with Crippen molar-refractivity contribution in [2.75, 3.05) is 0 Å². The molecule has 1 unspecified atom stereocenters. The van der Waals surface area contributed by atoms with Gasteiger partial charge in [0.2, 0.25) is 0 Å². The van der Waals surface area contributed by atoms with Crippen molar-refractivity contribution in [1.29, 1.82) is 0 Å². The summed E-state index contributed by atoms with van der Waals surface area (Å²) in [6.45, 7) is 0. The average molecular weight is 189 g/mol. The molecule has 0 saturated carbocycles. The van der Waals surface area contributed by atoms with Gasteiger partial charge in [0.05, 0.1) is 0 Å². The molecule has 4 heavy (non-hydrogen) atoms. The van der Waals surface area contributed by atoms with Gasteiger partial charge in [-0.3, -0.25) is 0 Å². The molecule has 0 amide bonds. The van der Waals surface area contributed by atoms with E-state index < -0.39 is 15.8 Å². The Kier molecular flexibility index (Phi) is 20.7. The molecule has 0 aliphatic carbocycles. The van der Waals surface area contributed by atoms with Crippen molar-refractivity contribution >= 4 is 7.71 Å². The fourth-order valence-electron chi connectivity index (χ4n) is 0. The van der Waals surface area contributed by atoms with E-state index in [9.17, 15) is 0 Å². The zero-order valence-corrected chi connectivity index (χ0v) is 7.40. The first-order valence-corrected chi connectivity index (χ1v) is 3.95. The van der Waals surface area contributed by atoms with Gasteiger partial charge >= 0.3 is 27.2 Å². The van der Waals surface area contributed by atoms with Crippen molar-refractivity contribution in [2.45, 2.75) is 0 Å². The minimum Gasteiger partial charge on any atom is 0 e. The third-order valence-corrected chi connectivity index (χ3v) is 0. The largest absolute Gasteiger partial charge is 0 e. The van der Waals surface area contributed by atoms with E-state index in [0.717, 1.165) is 0 Å². The fourth-order valence-corrected chi connectivity index (χ4v) is 0. The first-order chi connectivity index (χ1) is 1.41. The second-order valence-corrected chi connectivity index (χ2v) is 1.30. The molecule has 0 aliphatic rings. The number of rotatable bonds is 0. The van der Waals surface area contributed by atoms with Crippen LogP contribution in [0.25, 0.3) is 0 Å². The van der Waals surface area contributed by atoms with Gasteiger partial charge in [-0.05, 0) is 0 Å². The Hall–Kier alpha value is 1.92. The Morgan fingerprint density at radius 1 is 1.75 bits per heavy atom. The monoisotopic (exact) mass is 189 g/mol. The maximum Gasteiger partial charge on any atom is 0 e. The molecule has 4 heteroatoms. The number of hydrogen-bond donors (Lipinski definition) is 0. The Bertz CT molecular complexity index is 15.5. The van der Waals surface area contributed by atoms with Crippen LogP contribution in [0.5, 0.6) is 0 Å². The molecule has 0 spiro atoms. The maximum absolute atomic E-state index is 8.99. The van der Waals surface area contributed by atoms with Gasteiger partial charge in [-0.15, -0.1) is 0 Å². The maximum atomic E-state index is 8.99. The van der Waals surface area contributed by atoms with Gasteiger partial charge in [0.15, 0.2) is 0 Å². The van der Waals surface area contributed by atoms with Crippen LogP contribution in [0.15, 0.2) is 0 Å². The first-order valence-electron chi connectivity index (χ1n) is 0.441. The third-order valence-electron chi connectivity index (χ3n) is 0. The molecular weight excluding hydrogens is 187 g/mol. The van der Waals surface area contributed by atoms with Crippen molar-refractivity contribution in [1.82, 2.24) is 0 Å². The Balaban J connectivity index is 0. The molecule has 0 aliphatic heterocycles. The second kappa shape index (κ2) is 8.87. The zero-order valence-electron chi connectivity index (χ0n) is 2.01. The van der Waals surface area contributed by atoms with Gasteiger partial charge in [0, 0.05) is 32.7 Å². The normalized spacial score (nSPS) is 3.25. The van der Waals surface area contributed by atoms with Crippen LogP contribution in [0.4, 0.5) is 0 Å². The van der Waals surface area contributed by atoms with E-state index in [1.165, 1.54) is 0 Å². The zero-order chi connectivity index (χ0) is 2.71. The summed E-state index contributed by atoms with van der Waals surface area (Å²) in [5, 5.41) is 0. The quantitative estimate of drug-likeness (QED) is 0.497. The molecular formula is H2OPVY. The summed E-state index contributed by atoms with van der Waals surface area (Å²) in [4.78, 5) is 0. The van der Waals surface area contributed by atoms with Crippen molar-refractivity contribution in [3.8, 4) is 0 Å². The van der Waals surface area contributed by atoms with Crippen molar-refractivity contribution in [2.24, 2.45) is 0 Å². The van der Waals surface area contributed by atoms with Crippen molar-refractivity contribution in [3.05, 3.63) is 0 Å². The summed E-state index contributed by atoms with van der Waals surface area (Å²) in [6.07, 6.45) is 0. The average Bonchev–Trinajstić information content (AvgIpc) is 0.918. The fraction of sp³-hybridized carbons (Fsp3) is 0. The van der Waals surface area contributed by atoms with E-state index in [4.69, 9.17) is 3.67 Å². The predicted molar refractivity (Wildman–Crippen MR) is 10.4 cm³/mol. The Morgan fingerprint density at radius 2 is 1.75 bits per heavy atom. The second-order valence-electron chi connectivity index (χ2n) is 0.105. The van der Waals surface area contributed by atoms with E-state index in [-0.39, 0.29) is 32.7 Å². The van der Waals surface area contributed by atoms with Gasteiger partial charge in [0.1, 0.15) is 0 Å². The predicted octanol–water partition coefficient (Wildman–Crippen LogP) is 0.202. The van der Waals surface area contributed by atoms with Crippen LogP contribution in [-0.4, -0.2) is 0 Å². The Labute approximate surface area is 59.2 Å². The summed E-state index contributed by atoms with van der Waals surface area (Å²) in [7, 11) is 2.12. The minimum atomic E-state index is -0.646. The van der Waals surface area contributed by atoms with Gasteiger partial charge in [-0.25, -0.2) is 0 Å². The van der Waals surface area contributed by atoms with Crippen LogP contribution in [0.2, 0.25) is 0 Å². The van der Waals surface area contributed by atoms with Crippen LogP contribution in [-0.2, 0) is 52.2 Å². The molecule has 21 valence electrons. The Morgan fingerprint density at radius 3 is 1.75 bits per heavy atom. The van der Waals surface area contributed by atoms with Crippen LogP contribution < -0.4 is 0 Å². The summed E-state index contributed by atoms with van der Waals surface area (Å²) in [6, 6.07) is 0. The van der Waals surface area contributed by atoms with E-state index in [1.54, 1.807) is 0 Å². The first kappa shape index (κ1) is 9.32. The molecule has 0 rings (SSSR count). The molecule has 0 aromatic carbocycles. The van der Waals surface area contributed by atoms with E-state index in [2.05, 4.69) is 7.71 Å². The molecule has 0 bridgehead atoms. The van der Waals surface area contributed by atoms with Gasteiger partial charge < -0.3 is 0 Å². The molecule has 1 nitrogen and oxygen atoms in total. The van der Waals surface area contributed by atoms with E-state index in [1.807, 2.05) is 0 Å². The van der Waals surface area contributed by atoms with Crippen LogP contribution in [0, 0.1) is 0 Å². The van der Waals surface area contributed by atoms with E-state index >= 15 is 0 Å². The topological polar surface area (TPSA) is 17.1 Å². The summed E-state index contributed by atoms with van der Waals surface area (Å²) in [5.74, 6) is 0. The SMILES string of the molecule is [O]=[V][PH2].[Y]. The molecule has 0 fully saturated rings. The van der Waals surface area contributed by atoms with Crippen LogP contribution >= 0.6 is 7.71 Å². The molecule has 0 heterocycles. The van der Waals surface area contributed by atoms with Crippen LogP contribution in [0.1, 0.15) is 0 Å². The summed E-state index contributed by atoms with van der Waals surface area (Å²) < 4.78 is 8.99. The molecule has 0 aromatic rings. The molecule has 0 N–H and O–H groups in total. The molecule has 0 saturated heterocycles. The summed E-state index contributed by atoms with van der Waals surface area (Å²) in [5.41, 5.74) is 0. The molecule has 0 aromatic heterocycles.